The second-order valence-corrected chi connectivity index (χ2v) is 16.1. The number of hydrogen-bond acceptors (Lipinski definition) is 4. The molecular formula is C30H43NO3Si. The highest BCUT2D eigenvalue weighted by Gasteiger charge is 2.37. The molecule has 4 nitrogen and oxygen atoms in total. The molecule has 0 radical (unpaired) electrons. The molecule has 0 spiro atoms. The van der Waals surface area contributed by atoms with E-state index in [1.165, 1.54) is 35.4 Å². The van der Waals surface area contributed by atoms with Crippen LogP contribution in [0.5, 0.6) is 0 Å². The monoisotopic (exact) mass is 493 g/mol. The van der Waals surface area contributed by atoms with Crippen LogP contribution in [0.4, 0.5) is 0 Å². The van der Waals surface area contributed by atoms with Gasteiger partial charge in [-0.25, -0.2) is 4.79 Å². The highest BCUT2D eigenvalue weighted by Crippen LogP contribution is 2.38. The van der Waals surface area contributed by atoms with Crippen LogP contribution in [0.1, 0.15) is 61.1 Å². The Morgan fingerprint density at radius 2 is 1.83 bits per heavy atom. The van der Waals surface area contributed by atoms with Crippen LogP contribution in [-0.4, -0.2) is 46.0 Å². The minimum atomic E-state index is -1.78. The van der Waals surface area contributed by atoms with Crippen molar-refractivity contribution in [3.63, 3.8) is 0 Å². The highest BCUT2D eigenvalue weighted by atomic mass is 28.4. The number of esters is 1. The summed E-state index contributed by atoms with van der Waals surface area (Å²) in [5.74, 6) is -0.326. The molecule has 5 heteroatoms. The van der Waals surface area contributed by atoms with Crippen molar-refractivity contribution >= 4 is 20.4 Å². The predicted molar refractivity (Wildman–Crippen MR) is 148 cm³/mol. The molecule has 1 aliphatic rings. The van der Waals surface area contributed by atoms with Gasteiger partial charge in [0.15, 0.2) is 8.32 Å². The number of aryl methyl sites for hydroxylation is 2. The number of nitrogens with zero attached hydrogens (tertiary/aromatic N) is 1. The van der Waals surface area contributed by atoms with Crippen LogP contribution >= 0.6 is 0 Å². The fourth-order valence-electron chi connectivity index (χ4n) is 4.42. The fourth-order valence-corrected chi connectivity index (χ4v) is 5.45. The molecule has 0 bridgehead atoms. The zero-order valence-corrected chi connectivity index (χ0v) is 23.7. The van der Waals surface area contributed by atoms with Gasteiger partial charge < -0.3 is 9.16 Å². The topological polar surface area (TPSA) is 38.8 Å². The molecule has 1 unspecified atom stereocenters. The number of methoxy groups -OCH3 is 1. The largest absolute Gasteiger partial charge is 0.466 e. The predicted octanol–water partition coefficient (Wildman–Crippen LogP) is 6.74. The number of carbonyl (C=O) groups excluding carboxylic acids is 1. The Balaban J connectivity index is 1.75. The van der Waals surface area contributed by atoms with Gasteiger partial charge in [0, 0.05) is 31.8 Å². The van der Waals surface area contributed by atoms with Crippen LogP contribution in [0, 0.1) is 6.92 Å². The van der Waals surface area contributed by atoms with Crippen molar-refractivity contribution in [2.45, 2.75) is 71.1 Å². The molecular weight excluding hydrogens is 450 g/mol. The summed E-state index contributed by atoms with van der Waals surface area (Å²) in [6.45, 7) is 16.4. The Morgan fingerprint density at radius 1 is 1.11 bits per heavy atom. The average Bonchev–Trinajstić information content (AvgIpc) is 3.23. The first kappa shape index (κ1) is 27.4. The molecule has 2 aromatic rings. The van der Waals surface area contributed by atoms with Crippen LogP contribution in [0.3, 0.4) is 0 Å². The van der Waals surface area contributed by atoms with E-state index in [1.54, 1.807) is 0 Å². The molecule has 35 heavy (non-hydrogen) atoms. The van der Waals surface area contributed by atoms with E-state index in [1.807, 2.05) is 6.08 Å². The second kappa shape index (κ2) is 11.7. The molecule has 1 aliphatic carbocycles. The first-order chi connectivity index (χ1) is 16.5. The summed E-state index contributed by atoms with van der Waals surface area (Å²) >= 11 is 0. The van der Waals surface area contributed by atoms with E-state index >= 15 is 0 Å². The van der Waals surface area contributed by atoms with E-state index in [4.69, 9.17) is 9.16 Å². The number of carbonyl (C=O) groups is 1. The molecule has 1 atom stereocenters. The lowest BCUT2D eigenvalue weighted by Gasteiger charge is -2.37. The molecule has 0 saturated heterocycles. The summed E-state index contributed by atoms with van der Waals surface area (Å²) in [7, 11) is -0.375. The van der Waals surface area contributed by atoms with Crippen molar-refractivity contribution in [2.24, 2.45) is 0 Å². The van der Waals surface area contributed by atoms with E-state index in [0.29, 0.717) is 6.04 Å². The average molecular weight is 494 g/mol. The summed E-state index contributed by atoms with van der Waals surface area (Å²) in [6.07, 6.45) is 6.53. The van der Waals surface area contributed by atoms with E-state index in [2.05, 4.69) is 88.2 Å². The first-order valence-electron chi connectivity index (χ1n) is 12.8. The summed E-state index contributed by atoms with van der Waals surface area (Å²) < 4.78 is 11.3. The Hall–Kier alpha value is -2.21. The number of benzene rings is 2. The number of hydrogen-bond donors (Lipinski definition) is 0. The van der Waals surface area contributed by atoms with Crippen molar-refractivity contribution in [3.8, 4) is 0 Å². The minimum Gasteiger partial charge on any atom is -0.466 e. The summed E-state index contributed by atoms with van der Waals surface area (Å²) in [4.78, 5) is 14.1. The minimum absolute atomic E-state index is 0.216. The van der Waals surface area contributed by atoms with Gasteiger partial charge in [-0.3, -0.25) is 4.90 Å². The maximum atomic E-state index is 11.5. The van der Waals surface area contributed by atoms with E-state index in [0.717, 1.165) is 44.5 Å². The highest BCUT2D eigenvalue weighted by molar-refractivity contribution is 6.74. The fraction of sp³-hybridized carbons (Fsp3) is 0.500. The van der Waals surface area contributed by atoms with Crippen LogP contribution in [-0.2, 0) is 26.8 Å². The van der Waals surface area contributed by atoms with Crippen molar-refractivity contribution < 1.29 is 14.0 Å². The Morgan fingerprint density at radius 3 is 2.49 bits per heavy atom. The Kier molecular flexibility index (Phi) is 9.14. The molecule has 0 aliphatic heterocycles. The SMILES string of the molecule is COC(=O)/C=C/c1ccc2c(c1)CCC2N(CCO[Si](C)(C)C(C)(C)C)CCc1ccc(C)cc1. The van der Waals surface area contributed by atoms with Gasteiger partial charge in [-0.2, -0.15) is 0 Å². The lowest BCUT2D eigenvalue weighted by Crippen LogP contribution is -2.43. The third kappa shape index (κ3) is 7.39. The van der Waals surface area contributed by atoms with Gasteiger partial charge in [-0.05, 0) is 72.6 Å². The molecule has 2 aromatic carbocycles. The molecule has 0 aromatic heterocycles. The lowest BCUT2D eigenvalue weighted by molar-refractivity contribution is -0.134. The normalized spacial score (nSPS) is 16.2. The van der Waals surface area contributed by atoms with Gasteiger partial charge >= 0.3 is 5.97 Å². The van der Waals surface area contributed by atoms with Gasteiger partial charge in [0.2, 0.25) is 0 Å². The molecule has 190 valence electrons. The summed E-state index contributed by atoms with van der Waals surface area (Å²) in [5.41, 5.74) is 6.52. The van der Waals surface area contributed by atoms with Gasteiger partial charge in [-0.1, -0.05) is 68.8 Å². The number of ether oxygens (including phenoxy) is 1. The molecule has 0 N–H and O–H groups in total. The molecule has 3 rings (SSSR count). The van der Waals surface area contributed by atoms with Gasteiger partial charge in [-0.15, -0.1) is 0 Å². The lowest BCUT2D eigenvalue weighted by atomic mass is 10.0. The Labute approximate surface area is 213 Å². The van der Waals surface area contributed by atoms with Crippen molar-refractivity contribution in [2.75, 3.05) is 26.8 Å². The zero-order valence-electron chi connectivity index (χ0n) is 22.7. The number of rotatable bonds is 10. The smallest absolute Gasteiger partial charge is 0.330 e. The van der Waals surface area contributed by atoms with E-state index in [-0.39, 0.29) is 11.0 Å². The van der Waals surface area contributed by atoms with E-state index < -0.39 is 8.32 Å². The third-order valence-electron chi connectivity index (χ3n) is 7.72. The number of fused-ring (bicyclic) bond motifs is 1. The zero-order chi connectivity index (χ0) is 25.6. The van der Waals surface area contributed by atoms with Crippen LogP contribution in [0.2, 0.25) is 18.1 Å². The van der Waals surface area contributed by atoms with Crippen molar-refractivity contribution in [1.82, 2.24) is 4.90 Å². The third-order valence-corrected chi connectivity index (χ3v) is 12.3. The molecule has 0 amide bonds. The van der Waals surface area contributed by atoms with Crippen molar-refractivity contribution in [1.29, 1.82) is 0 Å². The molecule has 0 fully saturated rings. The summed E-state index contributed by atoms with van der Waals surface area (Å²) in [6, 6.07) is 15.9. The van der Waals surface area contributed by atoms with Gasteiger partial charge in [0.25, 0.3) is 0 Å². The summed E-state index contributed by atoms with van der Waals surface area (Å²) in [5, 5.41) is 0.216. The van der Waals surface area contributed by atoms with Crippen molar-refractivity contribution in [3.05, 3.63) is 76.4 Å². The maximum absolute atomic E-state index is 11.5. The van der Waals surface area contributed by atoms with E-state index in [9.17, 15) is 4.79 Å². The van der Waals surface area contributed by atoms with Crippen LogP contribution in [0.15, 0.2) is 48.5 Å². The quantitative estimate of drug-likeness (QED) is 0.209. The van der Waals surface area contributed by atoms with Gasteiger partial charge in [0.05, 0.1) is 7.11 Å². The van der Waals surface area contributed by atoms with Crippen LogP contribution in [0.25, 0.3) is 6.08 Å². The second-order valence-electron chi connectivity index (χ2n) is 11.2. The van der Waals surface area contributed by atoms with Gasteiger partial charge in [0.1, 0.15) is 0 Å². The maximum Gasteiger partial charge on any atom is 0.330 e. The molecule has 0 heterocycles. The molecule has 0 saturated carbocycles. The first-order valence-corrected chi connectivity index (χ1v) is 15.7. The standard InChI is InChI=1S/C30H43NO3Si/c1-23-8-10-24(11-9-23)18-19-31(20-21-34-35(6,7)30(2,3)4)28-16-14-26-22-25(12-15-27(26)28)13-17-29(32)33-5/h8-13,15,17,22,28H,14,16,18-21H2,1-7H3/b17-13+. The van der Waals surface area contributed by atoms with Crippen LogP contribution < -0.4 is 0 Å². The Bertz CT molecular complexity index is 1020.